The number of hydrogen-bond acceptors (Lipinski definition) is 3. The summed E-state index contributed by atoms with van der Waals surface area (Å²) in [6.07, 6.45) is 4.50. The van der Waals surface area contributed by atoms with Crippen LogP contribution in [0.1, 0.15) is 38.2 Å². The average molecular weight is 234 g/mol. The van der Waals surface area contributed by atoms with Crippen LogP contribution in [0, 0.1) is 0 Å². The Kier molecular flexibility index (Phi) is 4.37. The summed E-state index contributed by atoms with van der Waals surface area (Å²) < 4.78 is 5.35. The van der Waals surface area contributed by atoms with E-state index in [1.807, 2.05) is 6.20 Å². The zero-order valence-corrected chi connectivity index (χ0v) is 10.9. The van der Waals surface area contributed by atoms with Gasteiger partial charge in [0.2, 0.25) is 0 Å². The molecular weight excluding hydrogens is 212 g/mol. The number of aromatic nitrogens is 1. The van der Waals surface area contributed by atoms with Crippen LogP contribution >= 0.6 is 0 Å². The molecule has 1 saturated heterocycles. The lowest BCUT2D eigenvalue weighted by Gasteiger charge is -2.28. The normalized spacial score (nSPS) is 18.1. The Bertz CT molecular complexity index is 331. The summed E-state index contributed by atoms with van der Waals surface area (Å²) in [6, 6.07) is 4.37. The van der Waals surface area contributed by atoms with Crippen molar-refractivity contribution in [2.75, 3.05) is 31.2 Å². The van der Waals surface area contributed by atoms with Crippen LogP contribution < -0.4 is 4.90 Å². The van der Waals surface area contributed by atoms with Gasteiger partial charge in [-0.3, -0.25) is 0 Å². The molecule has 0 aliphatic carbocycles. The Morgan fingerprint density at radius 2 is 2.12 bits per heavy atom. The standard InChI is InChI=1S/C14H22N2O/c1-3-4-12(2)13-5-6-14(15-11-13)16-7-9-17-10-8-16/h5-6,11-12H,3-4,7-10H2,1-2H3. The van der Waals surface area contributed by atoms with Crippen molar-refractivity contribution < 1.29 is 4.74 Å². The topological polar surface area (TPSA) is 25.4 Å². The maximum Gasteiger partial charge on any atom is 0.128 e. The highest BCUT2D eigenvalue weighted by Crippen LogP contribution is 2.21. The van der Waals surface area contributed by atoms with Gasteiger partial charge in [-0.1, -0.05) is 26.3 Å². The third-order valence-electron chi connectivity index (χ3n) is 3.40. The number of nitrogens with zero attached hydrogens (tertiary/aromatic N) is 2. The van der Waals surface area contributed by atoms with Crippen LogP contribution in [-0.4, -0.2) is 31.3 Å². The van der Waals surface area contributed by atoms with Crippen molar-refractivity contribution in [3.63, 3.8) is 0 Å². The van der Waals surface area contributed by atoms with Gasteiger partial charge in [0, 0.05) is 19.3 Å². The van der Waals surface area contributed by atoms with Gasteiger partial charge < -0.3 is 9.64 Å². The van der Waals surface area contributed by atoms with E-state index in [9.17, 15) is 0 Å². The van der Waals surface area contributed by atoms with Gasteiger partial charge in [-0.2, -0.15) is 0 Å². The van der Waals surface area contributed by atoms with Gasteiger partial charge in [0.05, 0.1) is 13.2 Å². The number of hydrogen-bond donors (Lipinski definition) is 0. The number of morpholine rings is 1. The fourth-order valence-electron chi connectivity index (χ4n) is 2.27. The SMILES string of the molecule is CCCC(C)c1ccc(N2CCOCC2)nc1. The molecule has 0 bridgehead atoms. The lowest BCUT2D eigenvalue weighted by molar-refractivity contribution is 0.122. The third-order valence-corrected chi connectivity index (χ3v) is 3.40. The van der Waals surface area contributed by atoms with E-state index in [1.54, 1.807) is 0 Å². The van der Waals surface area contributed by atoms with Crippen LogP contribution in [0.25, 0.3) is 0 Å². The molecule has 0 spiro atoms. The summed E-state index contributed by atoms with van der Waals surface area (Å²) >= 11 is 0. The van der Waals surface area contributed by atoms with Gasteiger partial charge in [0.25, 0.3) is 0 Å². The van der Waals surface area contributed by atoms with Crippen molar-refractivity contribution in [1.82, 2.24) is 4.98 Å². The smallest absolute Gasteiger partial charge is 0.128 e. The molecule has 0 aromatic carbocycles. The van der Waals surface area contributed by atoms with Gasteiger partial charge in [-0.25, -0.2) is 4.98 Å². The molecule has 0 amide bonds. The second-order valence-electron chi connectivity index (χ2n) is 4.74. The molecule has 3 heteroatoms. The van der Waals surface area contributed by atoms with Crippen LogP contribution in [0.4, 0.5) is 5.82 Å². The molecule has 1 aliphatic rings. The molecule has 1 fully saturated rings. The van der Waals surface area contributed by atoms with Crippen LogP contribution in [-0.2, 0) is 4.74 Å². The fourth-order valence-corrected chi connectivity index (χ4v) is 2.27. The van der Waals surface area contributed by atoms with Gasteiger partial charge in [0.15, 0.2) is 0 Å². The van der Waals surface area contributed by atoms with Gasteiger partial charge in [-0.15, -0.1) is 0 Å². The fraction of sp³-hybridized carbons (Fsp3) is 0.643. The Hall–Kier alpha value is -1.09. The van der Waals surface area contributed by atoms with Crippen LogP contribution in [0.2, 0.25) is 0 Å². The van der Waals surface area contributed by atoms with E-state index >= 15 is 0 Å². The molecule has 1 unspecified atom stereocenters. The average Bonchev–Trinajstić information content (AvgIpc) is 2.40. The summed E-state index contributed by atoms with van der Waals surface area (Å²) in [7, 11) is 0. The first-order chi connectivity index (χ1) is 8.31. The van der Waals surface area contributed by atoms with E-state index in [2.05, 4.69) is 35.9 Å². The number of rotatable bonds is 4. The van der Waals surface area contributed by atoms with E-state index in [4.69, 9.17) is 4.74 Å². The van der Waals surface area contributed by atoms with E-state index in [1.165, 1.54) is 18.4 Å². The quantitative estimate of drug-likeness (QED) is 0.801. The third kappa shape index (κ3) is 3.19. The van der Waals surface area contributed by atoms with Gasteiger partial charge >= 0.3 is 0 Å². The minimum absolute atomic E-state index is 0.617. The Morgan fingerprint density at radius 1 is 1.35 bits per heavy atom. The van der Waals surface area contributed by atoms with E-state index in [0.29, 0.717) is 5.92 Å². The number of ether oxygens (including phenoxy) is 1. The highest BCUT2D eigenvalue weighted by molar-refractivity contribution is 5.40. The molecule has 2 heterocycles. The maximum absolute atomic E-state index is 5.35. The van der Waals surface area contributed by atoms with Crippen molar-refractivity contribution in [3.8, 4) is 0 Å². The van der Waals surface area contributed by atoms with Crippen molar-refractivity contribution in [2.45, 2.75) is 32.6 Å². The lowest BCUT2D eigenvalue weighted by atomic mass is 9.98. The molecule has 1 aromatic rings. The molecule has 94 valence electrons. The summed E-state index contributed by atoms with van der Waals surface area (Å²) in [5, 5.41) is 0. The highest BCUT2D eigenvalue weighted by atomic mass is 16.5. The van der Waals surface area contributed by atoms with Crippen LogP contribution in [0.5, 0.6) is 0 Å². The second-order valence-corrected chi connectivity index (χ2v) is 4.74. The van der Waals surface area contributed by atoms with Gasteiger partial charge in [-0.05, 0) is 24.0 Å². The second kappa shape index (κ2) is 6.01. The van der Waals surface area contributed by atoms with E-state index < -0.39 is 0 Å². The van der Waals surface area contributed by atoms with E-state index in [-0.39, 0.29) is 0 Å². The first-order valence-electron chi connectivity index (χ1n) is 6.60. The molecule has 2 rings (SSSR count). The van der Waals surface area contributed by atoms with Crippen LogP contribution in [0.3, 0.4) is 0 Å². The minimum Gasteiger partial charge on any atom is -0.378 e. The summed E-state index contributed by atoms with van der Waals surface area (Å²) in [5.41, 5.74) is 1.35. The van der Waals surface area contributed by atoms with Crippen molar-refractivity contribution in [2.24, 2.45) is 0 Å². The zero-order valence-electron chi connectivity index (χ0n) is 10.9. The first-order valence-corrected chi connectivity index (χ1v) is 6.60. The van der Waals surface area contributed by atoms with E-state index in [0.717, 1.165) is 32.1 Å². The first kappa shape index (κ1) is 12.4. The predicted molar refractivity (Wildman–Crippen MR) is 70.6 cm³/mol. The lowest BCUT2D eigenvalue weighted by Crippen LogP contribution is -2.36. The Morgan fingerprint density at radius 3 is 2.71 bits per heavy atom. The number of anilines is 1. The zero-order chi connectivity index (χ0) is 12.1. The predicted octanol–water partition coefficient (Wildman–Crippen LogP) is 2.82. The van der Waals surface area contributed by atoms with Crippen molar-refractivity contribution >= 4 is 5.82 Å². The molecule has 1 aromatic heterocycles. The van der Waals surface area contributed by atoms with Crippen LogP contribution in [0.15, 0.2) is 18.3 Å². The summed E-state index contributed by atoms with van der Waals surface area (Å²) in [6.45, 7) is 8.04. The molecule has 1 aliphatic heterocycles. The van der Waals surface area contributed by atoms with Gasteiger partial charge in [0.1, 0.15) is 5.82 Å². The molecule has 3 nitrogen and oxygen atoms in total. The molecule has 0 radical (unpaired) electrons. The molecule has 0 saturated carbocycles. The molecule has 17 heavy (non-hydrogen) atoms. The molecule has 0 N–H and O–H groups in total. The minimum atomic E-state index is 0.617. The maximum atomic E-state index is 5.35. The molecule has 1 atom stereocenters. The Balaban J connectivity index is 2.01. The Labute approximate surface area is 104 Å². The number of pyridine rings is 1. The highest BCUT2D eigenvalue weighted by Gasteiger charge is 2.12. The van der Waals surface area contributed by atoms with Crippen molar-refractivity contribution in [3.05, 3.63) is 23.9 Å². The van der Waals surface area contributed by atoms with Crippen molar-refractivity contribution in [1.29, 1.82) is 0 Å². The largest absolute Gasteiger partial charge is 0.378 e. The molecular formula is C14H22N2O. The summed E-state index contributed by atoms with van der Waals surface area (Å²) in [5.74, 6) is 1.70. The monoisotopic (exact) mass is 234 g/mol. The summed E-state index contributed by atoms with van der Waals surface area (Å²) in [4.78, 5) is 6.87.